The molecule has 0 aliphatic heterocycles. The molecule has 3 aromatic rings. The molecule has 4 nitrogen and oxygen atoms in total. The molecule has 0 spiro atoms. The van der Waals surface area contributed by atoms with Gasteiger partial charge in [0.05, 0.1) is 16.3 Å². The van der Waals surface area contributed by atoms with Crippen LogP contribution in [-0.2, 0) is 13.5 Å². The molecule has 3 rings (SSSR count). The summed E-state index contributed by atoms with van der Waals surface area (Å²) < 4.78 is 8.15. The molecule has 0 fully saturated rings. The number of rotatable bonds is 6. The van der Waals surface area contributed by atoms with Crippen LogP contribution >= 0.6 is 22.9 Å². The third kappa shape index (κ3) is 3.56. The third-order valence-electron chi connectivity index (χ3n) is 3.20. The van der Waals surface area contributed by atoms with Crippen molar-refractivity contribution in [1.29, 1.82) is 0 Å². The van der Waals surface area contributed by atoms with Crippen LogP contribution in [0.15, 0.2) is 47.2 Å². The van der Waals surface area contributed by atoms with Crippen LogP contribution in [0.1, 0.15) is 22.4 Å². The first kappa shape index (κ1) is 14.4. The van der Waals surface area contributed by atoms with Gasteiger partial charge in [-0.15, -0.1) is 11.3 Å². The largest absolute Gasteiger partial charge is 0.467 e. The van der Waals surface area contributed by atoms with Crippen molar-refractivity contribution in [2.45, 2.75) is 12.5 Å². The highest BCUT2D eigenvalue weighted by Gasteiger charge is 2.18. The highest BCUT2D eigenvalue weighted by molar-refractivity contribution is 7.16. The molecule has 0 aliphatic carbocycles. The molecule has 0 saturated carbocycles. The summed E-state index contributed by atoms with van der Waals surface area (Å²) in [5, 5.41) is 7.90. The van der Waals surface area contributed by atoms with Gasteiger partial charge in [-0.1, -0.05) is 11.6 Å². The molecule has 21 heavy (non-hydrogen) atoms. The Bertz CT molecular complexity index is 689. The molecule has 3 aromatic heterocycles. The number of nitrogens with one attached hydrogen (secondary N) is 1. The van der Waals surface area contributed by atoms with Gasteiger partial charge in [0.15, 0.2) is 0 Å². The predicted octanol–water partition coefficient (Wildman–Crippen LogP) is 3.65. The highest BCUT2D eigenvalue weighted by Crippen LogP contribution is 2.31. The first-order valence-corrected chi connectivity index (χ1v) is 7.92. The smallest absolute Gasteiger partial charge is 0.126 e. The Kier molecular flexibility index (Phi) is 4.43. The summed E-state index contributed by atoms with van der Waals surface area (Å²) >= 11 is 7.61. The topological polar surface area (TPSA) is 43.0 Å². The van der Waals surface area contributed by atoms with Crippen molar-refractivity contribution >= 4 is 22.9 Å². The molecule has 1 atom stereocenters. The minimum Gasteiger partial charge on any atom is -0.467 e. The van der Waals surface area contributed by atoms with Crippen molar-refractivity contribution in [3.05, 3.63) is 63.5 Å². The summed E-state index contributed by atoms with van der Waals surface area (Å²) in [6, 6.07) is 9.89. The van der Waals surface area contributed by atoms with Gasteiger partial charge >= 0.3 is 0 Å². The van der Waals surface area contributed by atoms with Crippen molar-refractivity contribution in [2.75, 3.05) is 6.54 Å². The lowest BCUT2D eigenvalue weighted by atomic mass is 10.2. The zero-order valence-electron chi connectivity index (χ0n) is 11.6. The summed E-state index contributed by atoms with van der Waals surface area (Å²) in [7, 11) is 1.93. The van der Waals surface area contributed by atoms with E-state index in [0.29, 0.717) is 0 Å². The molecule has 0 amide bonds. The van der Waals surface area contributed by atoms with Crippen LogP contribution in [0.4, 0.5) is 0 Å². The molecule has 0 aliphatic rings. The summed E-state index contributed by atoms with van der Waals surface area (Å²) in [4.78, 5) is 1.15. The first-order valence-electron chi connectivity index (χ1n) is 6.73. The van der Waals surface area contributed by atoms with Gasteiger partial charge in [-0.05, 0) is 30.3 Å². The van der Waals surface area contributed by atoms with E-state index in [9.17, 15) is 0 Å². The van der Waals surface area contributed by atoms with Gasteiger partial charge in [-0.2, -0.15) is 5.10 Å². The number of aryl methyl sites for hydroxylation is 1. The Morgan fingerprint density at radius 2 is 2.29 bits per heavy atom. The third-order valence-corrected chi connectivity index (χ3v) is 4.50. The van der Waals surface area contributed by atoms with E-state index in [0.717, 1.165) is 33.6 Å². The zero-order valence-corrected chi connectivity index (χ0v) is 13.2. The number of hydrogen-bond donors (Lipinski definition) is 1. The second-order valence-electron chi connectivity index (χ2n) is 4.78. The molecule has 0 radical (unpaired) electrons. The van der Waals surface area contributed by atoms with Crippen LogP contribution < -0.4 is 5.32 Å². The lowest BCUT2D eigenvalue weighted by molar-refractivity contribution is 0.450. The average molecular weight is 322 g/mol. The fourth-order valence-corrected chi connectivity index (χ4v) is 3.37. The lowest BCUT2D eigenvalue weighted by Crippen LogP contribution is -2.23. The SMILES string of the molecule is Cn1ccc(CCNC(c2ccco2)c2ccc(Cl)s2)n1. The van der Waals surface area contributed by atoms with Crippen LogP contribution in [0.3, 0.4) is 0 Å². The Morgan fingerprint density at radius 3 is 2.90 bits per heavy atom. The fourth-order valence-electron chi connectivity index (χ4n) is 2.22. The monoisotopic (exact) mass is 321 g/mol. The molecule has 0 saturated heterocycles. The molecular formula is C15H16ClN3OS. The van der Waals surface area contributed by atoms with E-state index in [1.54, 1.807) is 17.6 Å². The average Bonchev–Trinajstić information content (AvgIpc) is 3.17. The summed E-state index contributed by atoms with van der Waals surface area (Å²) in [5.41, 5.74) is 1.08. The predicted molar refractivity (Wildman–Crippen MR) is 84.8 cm³/mol. The van der Waals surface area contributed by atoms with Crippen molar-refractivity contribution in [3.8, 4) is 0 Å². The number of hydrogen-bond acceptors (Lipinski definition) is 4. The molecular weight excluding hydrogens is 306 g/mol. The van der Waals surface area contributed by atoms with Crippen molar-refractivity contribution in [2.24, 2.45) is 7.05 Å². The van der Waals surface area contributed by atoms with E-state index >= 15 is 0 Å². The van der Waals surface area contributed by atoms with E-state index in [4.69, 9.17) is 16.0 Å². The van der Waals surface area contributed by atoms with Gasteiger partial charge in [0.25, 0.3) is 0 Å². The number of furan rings is 1. The molecule has 3 heterocycles. The number of halogens is 1. The number of nitrogens with zero attached hydrogens (tertiary/aromatic N) is 2. The second kappa shape index (κ2) is 6.47. The summed E-state index contributed by atoms with van der Waals surface area (Å²) in [5.74, 6) is 0.898. The van der Waals surface area contributed by atoms with Crippen molar-refractivity contribution < 1.29 is 4.42 Å². The Morgan fingerprint density at radius 1 is 1.38 bits per heavy atom. The van der Waals surface area contributed by atoms with Gasteiger partial charge in [0.2, 0.25) is 0 Å². The fraction of sp³-hybridized carbons (Fsp3) is 0.267. The van der Waals surface area contributed by atoms with Gasteiger partial charge in [-0.25, -0.2) is 0 Å². The van der Waals surface area contributed by atoms with Crippen LogP contribution in [0, 0.1) is 0 Å². The van der Waals surface area contributed by atoms with Gasteiger partial charge in [-0.3, -0.25) is 4.68 Å². The van der Waals surface area contributed by atoms with Crippen LogP contribution in [0.5, 0.6) is 0 Å². The number of aromatic nitrogens is 2. The zero-order chi connectivity index (χ0) is 14.7. The first-order chi connectivity index (χ1) is 10.2. The standard InChI is InChI=1S/C15H16ClN3OS/c1-19-9-7-11(18-19)6-8-17-15(12-3-2-10-20-12)13-4-5-14(16)21-13/h2-5,7,9-10,15,17H,6,8H2,1H3. The van der Waals surface area contributed by atoms with E-state index in [1.807, 2.05) is 48.3 Å². The van der Waals surface area contributed by atoms with E-state index in [-0.39, 0.29) is 6.04 Å². The molecule has 0 bridgehead atoms. The normalized spacial score (nSPS) is 12.7. The molecule has 1 unspecified atom stereocenters. The minimum atomic E-state index is 0.0289. The quantitative estimate of drug-likeness (QED) is 0.753. The lowest BCUT2D eigenvalue weighted by Gasteiger charge is -2.14. The molecule has 0 aromatic carbocycles. The summed E-state index contributed by atoms with van der Waals surface area (Å²) in [6.45, 7) is 0.817. The van der Waals surface area contributed by atoms with E-state index < -0.39 is 0 Å². The molecule has 110 valence electrons. The van der Waals surface area contributed by atoms with Gasteiger partial charge < -0.3 is 9.73 Å². The van der Waals surface area contributed by atoms with Crippen LogP contribution in [0.25, 0.3) is 0 Å². The maximum absolute atomic E-state index is 6.05. The minimum absolute atomic E-state index is 0.0289. The van der Waals surface area contributed by atoms with Gasteiger partial charge in [0.1, 0.15) is 11.8 Å². The van der Waals surface area contributed by atoms with E-state index in [2.05, 4.69) is 10.4 Å². The molecule has 6 heteroatoms. The van der Waals surface area contributed by atoms with Gasteiger partial charge in [0, 0.05) is 31.1 Å². The van der Waals surface area contributed by atoms with Crippen LogP contribution in [0.2, 0.25) is 4.34 Å². The Labute approximate surface area is 132 Å². The summed E-state index contributed by atoms with van der Waals surface area (Å²) in [6.07, 6.45) is 4.52. The van der Waals surface area contributed by atoms with E-state index in [1.165, 1.54) is 0 Å². The number of thiophene rings is 1. The van der Waals surface area contributed by atoms with Crippen LogP contribution in [-0.4, -0.2) is 16.3 Å². The Balaban J connectivity index is 1.68. The maximum Gasteiger partial charge on any atom is 0.126 e. The van der Waals surface area contributed by atoms with Crippen molar-refractivity contribution in [3.63, 3.8) is 0 Å². The Hall–Kier alpha value is -1.56. The molecule has 1 N–H and O–H groups in total. The second-order valence-corrected chi connectivity index (χ2v) is 6.52. The maximum atomic E-state index is 6.05. The van der Waals surface area contributed by atoms with Crippen molar-refractivity contribution in [1.82, 2.24) is 15.1 Å². The highest BCUT2D eigenvalue weighted by atomic mass is 35.5.